The summed E-state index contributed by atoms with van der Waals surface area (Å²) in [6.45, 7) is 2.73. The molecule has 1 amide bonds. The average molecular weight is 462 g/mol. The molecule has 5 rings (SSSR count). The fourth-order valence-electron chi connectivity index (χ4n) is 5.36. The van der Waals surface area contributed by atoms with Gasteiger partial charge in [0, 0.05) is 12.0 Å². The standard InChI is InChI=1S/C31H31N3O/c1-2-3-11-29-33-31(18-7-8-19-31)30(35)34(29)22-23-12-14-25(15-13-23)28-20-26(16-17-27(28)21-32)24-9-5-4-6-10-24/h4-6,9-10,12-17,20H,2-3,7-8,11,18-19,22H2,1H3. The van der Waals surface area contributed by atoms with Crippen LogP contribution >= 0.6 is 0 Å². The second-order valence-electron chi connectivity index (χ2n) is 9.70. The molecule has 0 bridgehead atoms. The van der Waals surface area contributed by atoms with E-state index in [-0.39, 0.29) is 5.91 Å². The molecule has 0 aromatic heterocycles. The van der Waals surface area contributed by atoms with Gasteiger partial charge in [-0.3, -0.25) is 14.7 Å². The predicted molar refractivity (Wildman–Crippen MR) is 141 cm³/mol. The minimum atomic E-state index is -0.497. The molecule has 1 aliphatic carbocycles. The van der Waals surface area contributed by atoms with Crippen molar-refractivity contribution in [1.82, 2.24) is 4.90 Å². The molecule has 2 aliphatic rings. The van der Waals surface area contributed by atoms with Crippen molar-refractivity contribution >= 4 is 11.7 Å². The Labute approximate surface area is 207 Å². The summed E-state index contributed by atoms with van der Waals surface area (Å²) in [4.78, 5) is 20.4. The van der Waals surface area contributed by atoms with Crippen molar-refractivity contribution in [3.8, 4) is 28.3 Å². The first-order chi connectivity index (χ1) is 17.1. The minimum Gasteiger partial charge on any atom is -0.294 e. The summed E-state index contributed by atoms with van der Waals surface area (Å²) in [5.41, 5.74) is 5.38. The van der Waals surface area contributed by atoms with Crippen molar-refractivity contribution in [2.24, 2.45) is 4.99 Å². The van der Waals surface area contributed by atoms with Crippen molar-refractivity contribution in [2.75, 3.05) is 0 Å². The van der Waals surface area contributed by atoms with Crippen molar-refractivity contribution < 1.29 is 4.79 Å². The summed E-state index contributed by atoms with van der Waals surface area (Å²) >= 11 is 0. The van der Waals surface area contributed by atoms with Crippen LogP contribution in [-0.2, 0) is 11.3 Å². The Morgan fingerprint density at radius 2 is 1.66 bits per heavy atom. The SMILES string of the molecule is CCCCC1=NC2(CCCC2)C(=O)N1Cc1ccc(-c2cc(-c3ccccc3)ccc2C#N)cc1. The highest BCUT2D eigenvalue weighted by atomic mass is 16.2. The maximum absolute atomic E-state index is 13.4. The summed E-state index contributed by atoms with van der Waals surface area (Å²) < 4.78 is 0. The third-order valence-corrected chi connectivity index (χ3v) is 7.34. The van der Waals surface area contributed by atoms with Gasteiger partial charge in [0.1, 0.15) is 11.4 Å². The second-order valence-corrected chi connectivity index (χ2v) is 9.70. The number of unbranched alkanes of at least 4 members (excludes halogenated alkanes) is 1. The largest absolute Gasteiger partial charge is 0.294 e. The molecule has 1 heterocycles. The van der Waals surface area contributed by atoms with Crippen LogP contribution in [0.4, 0.5) is 0 Å². The van der Waals surface area contributed by atoms with Crippen molar-refractivity contribution in [1.29, 1.82) is 5.26 Å². The maximum atomic E-state index is 13.4. The van der Waals surface area contributed by atoms with E-state index in [1.165, 1.54) is 0 Å². The molecule has 0 atom stereocenters. The van der Waals surface area contributed by atoms with E-state index in [0.717, 1.165) is 78.6 Å². The Morgan fingerprint density at radius 1 is 0.943 bits per heavy atom. The number of amidine groups is 1. The van der Waals surface area contributed by atoms with Crippen LogP contribution in [0.3, 0.4) is 0 Å². The molecule has 3 aromatic carbocycles. The van der Waals surface area contributed by atoms with E-state index >= 15 is 0 Å². The van der Waals surface area contributed by atoms with E-state index in [2.05, 4.69) is 55.5 Å². The number of amides is 1. The van der Waals surface area contributed by atoms with Gasteiger partial charge in [0.25, 0.3) is 5.91 Å². The zero-order valence-electron chi connectivity index (χ0n) is 20.3. The maximum Gasteiger partial charge on any atom is 0.256 e. The number of carbonyl (C=O) groups excluding carboxylic acids is 1. The number of hydrogen-bond acceptors (Lipinski definition) is 3. The number of rotatable bonds is 7. The summed E-state index contributed by atoms with van der Waals surface area (Å²) in [5, 5.41) is 9.71. The number of hydrogen-bond donors (Lipinski definition) is 0. The molecule has 1 saturated carbocycles. The first-order valence-electron chi connectivity index (χ1n) is 12.7. The van der Waals surface area contributed by atoms with Crippen LogP contribution < -0.4 is 0 Å². The highest BCUT2D eigenvalue weighted by Gasteiger charge is 2.49. The molecule has 0 N–H and O–H groups in total. The molecule has 1 aliphatic heterocycles. The highest BCUT2D eigenvalue weighted by molar-refractivity contribution is 6.08. The monoisotopic (exact) mass is 461 g/mol. The molecule has 4 heteroatoms. The first-order valence-corrected chi connectivity index (χ1v) is 12.7. The average Bonchev–Trinajstić information content (AvgIpc) is 3.48. The Bertz CT molecular complexity index is 1280. The molecule has 35 heavy (non-hydrogen) atoms. The number of aliphatic imine (C=N–C) groups is 1. The van der Waals surface area contributed by atoms with Crippen LogP contribution in [0.2, 0.25) is 0 Å². The van der Waals surface area contributed by atoms with Gasteiger partial charge in [-0.15, -0.1) is 0 Å². The van der Waals surface area contributed by atoms with Gasteiger partial charge in [-0.25, -0.2) is 0 Å². The van der Waals surface area contributed by atoms with E-state index in [4.69, 9.17) is 4.99 Å². The summed E-state index contributed by atoms with van der Waals surface area (Å²) in [6.07, 6.45) is 6.93. The number of carbonyl (C=O) groups is 1. The summed E-state index contributed by atoms with van der Waals surface area (Å²) in [5.74, 6) is 1.15. The van der Waals surface area contributed by atoms with Gasteiger partial charge >= 0.3 is 0 Å². The Hall–Kier alpha value is -3.71. The molecular formula is C31H31N3O. The van der Waals surface area contributed by atoms with Crippen LogP contribution in [0.5, 0.6) is 0 Å². The Kier molecular flexibility index (Phi) is 6.51. The van der Waals surface area contributed by atoms with Crippen LogP contribution in [0.25, 0.3) is 22.3 Å². The van der Waals surface area contributed by atoms with Gasteiger partial charge < -0.3 is 0 Å². The van der Waals surface area contributed by atoms with E-state index < -0.39 is 5.54 Å². The molecule has 1 spiro atoms. The summed E-state index contributed by atoms with van der Waals surface area (Å²) in [6, 6.07) is 26.8. The fraction of sp³-hybridized carbons (Fsp3) is 0.323. The lowest BCUT2D eigenvalue weighted by Crippen LogP contribution is -2.40. The molecule has 1 fully saturated rings. The zero-order chi connectivity index (χ0) is 24.3. The minimum absolute atomic E-state index is 0.188. The molecule has 0 unspecified atom stereocenters. The van der Waals surface area contributed by atoms with Crippen molar-refractivity contribution in [3.05, 3.63) is 83.9 Å². The zero-order valence-corrected chi connectivity index (χ0v) is 20.3. The summed E-state index contributed by atoms with van der Waals surface area (Å²) in [7, 11) is 0. The Balaban J connectivity index is 1.40. The van der Waals surface area contributed by atoms with Crippen molar-refractivity contribution in [3.63, 3.8) is 0 Å². The second kappa shape index (κ2) is 9.88. The van der Waals surface area contributed by atoms with E-state index in [1.54, 1.807) is 0 Å². The lowest BCUT2D eigenvalue weighted by atomic mass is 9.94. The third-order valence-electron chi connectivity index (χ3n) is 7.34. The molecule has 3 aromatic rings. The predicted octanol–water partition coefficient (Wildman–Crippen LogP) is 7.14. The van der Waals surface area contributed by atoms with Gasteiger partial charge in [0.2, 0.25) is 0 Å². The van der Waals surface area contributed by atoms with Crippen LogP contribution in [0.1, 0.15) is 63.0 Å². The van der Waals surface area contributed by atoms with Gasteiger partial charge in [-0.2, -0.15) is 5.26 Å². The third kappa shape index (κ3) is 4.51. The van der Waals surface area contributed by atoms with E-state index in [0.29, 0.717) is 12.1 Å². The molecule has 0 saturated heterocycles. The fourth-order valence-corrected chi connectivity index (χ4v) is 5.36. The van der Waals surface area contributed by atoms with Gasteiger partial charge in [0.05, 0.1) is 18.2 Å². The number of nitrogens with zero attached hydrogens (tertiary/aromatic N) is 3. The van der Waals surface area contributed by atoms with Gasteiger partial charge in [-0.05, 0) is 53.6 Å². The number of benzene rings is 3. The quantitative estimate of drug-likeness (QED) is 0.375. The van der Waals surface area contributed by atoms with Crippen LogP contribution in [-0.4, -0.2) is 22.2 Å². The lowest BCUT2D eigenvalue weighted by Gasteiger charge is -2.23. The van der Waals surface area contributed by atoms with E-state index in [9.17, 15) is 10.1 Å². The van der Waals surface area contributed by atoms with Crippen molar-refractivity contribution in [2.45, 2.75) is 64.0 Å². The normalized spacial score (nSPS) is 16.5. The number of nitriles is 1. The van der Waals surface area contributed by atoms with Crippen LogP contribution in [0, 0.1) is 11.3 Å². The van der Waals surface area contributed by atoms with E-state index in [1.807, 2.05) is 35.2 Å². The topological polar surface area (TPSA) is 56.5 Å². The first kappa shape index (κ1) is 23.1. The van der Waals surface area contributed by atoms with Crippen LogP contribution in [0.15, 0.2) is 77.8 Å². The molecular weight excluding hydrogens is 430 g/mol. The van der Waals surface area contributed by atoms with Gasteiger partial charge in [-0.1, -0.05) is 86.8 Å². The smallest absolute Gasteiger partial charge is 0.256 e. The highest BCUT2D eigenvalue weighted by Crippen LogP contribution is 2.40. The molecule has 176 valence electrons. The Morgan fingerprint density at radius 3 is 2.34 bits per heavy atom. The van der Waals surface area contributed by atoms with Gasteiger partial charge in [0.15, 0.2) is 0 Å². The lowest BCUT2D eigenvalue weighted by molar-refractivity contribution is -0.131. The molecule has 4 nitrogen and oxygen atoms in total. The molecule has 0 radical (unpaired) electrons.